The molecular weight excluding hydrogens is 364 g/mol. The van der Waals surface area contributed by atoms with Crippen LogP contribution in [-0.4, -0.2) is 59.9 Å². The molecule has 0 spiro atoms. The molecule has 1 aromatic heterocycles. The van der Waals surface area contributed by atoms with Gasteiger partial charge in [-0.3, -0.25) is 14.9 Å². The van der Waals surface area contributed by atoms with E-state index in [1.54, 1.807) is 29.5 Å². The van der Waals surface area contributed by atoms with Crippen LogP contribution < -0.4 is 5.32 Å². The summed E-state index contributed by atoms with van der Waals surface area (Å²) in [6, 6.07) is 10.5. The largest absolute Gasteiger partial charge is 0.320 e. The number of hydrogen-bond acceptors (Lipinski definition) is 6. The van der Waals surface area contributed by atoms with Crippen LogP contribution in [0.15, 0.2) is 41.8 Å². The van der Waals surface area contributed by atoms with Crippen molar-refractivity contribution in [3.05, 3.63) is 56.8 Å². The molecule has 8 heteroatoms. The van der Waals surface area contributed by atoms with Crippen molar-refractivity contribution in [3.63, 3.8) is 0 Å². The summed E-state index contributed by atoms with van der Waals surface area (Å²) >= 11 is 1.80. The highest BCUT2D eigenvalue weighted by Gasteiger charge is 2.19. The van der Waals surface area contributed by atoms with Crippen LogP contribution >= 0.6 is 11.3 Å². The number of nitro groups is 1. The predicted octanol–water partition coefficient (Wildman–Crippen LogP) is 2.85. The molecule has 1 aromatic carbocycles. The van der Waals surface area contributed by atoms with Gasteiger partial charge in [-0.1, -0.05) is 18.2 Å². The minimum absolute atomic E-state index is 0.0785. The molecule has 1 aliphatic rings. The fourth-order valence-corrected chi connectivity index (χ4v) is 3.87. The van der Waals surface area contributed by atoms with Gasteiger partial charge in [0.15, 0.2) is 0 Å². The van der Waals surface area contributed by atoms with E-state index in [4.69, 9.17) is 0 Å². The van der Waals surface area contributed by atoms with Gasteiger partial charge in [0.05, 0.1) is 4.92 Å². The maximum atomic E-state index is 12.2. The van der Waals surface area contributed by atoms with Gasteiger partial charge < -0.3 is 15.1 Å². The average Bonchev–Trinajstić information content (AvgIpc) is 3.19. The first-order valence-corrected chi connectivity index (χ1v) is 10.00. The number of thiophene rings is 1. The van der Waals surface area contributed by atoms with Crippen LogP contribution in [0, 0.1) is 10.1 Å². The van der Waals surface area contributed by atoms with Gasteiger partial charge in [0.25, 0.3) is 5.69 Å². The first kappa shape index (κ1) is 19.5. The van der Waals surface area contributed by atoms with E-state index < -0.39 is 4.92 Å². The quantitative estimate of drug-likeness (QED) is 0.556. The third-order valence-electron chi connectivity index (χ3n) is 4.75. The van der Waals surface area contributed by atoms with E-state index in [1.165, 1.54) is 10.9 Å². The summed E-state index contributed by atoms with van der Waals surface area (Å²) in [5.74, 6) is -0.190. The molecule has 0 unspecified atom stereocenters. The zero-order chi connectivity index (χ0) is 19.1. The Labute approximate surface area is 162 Å². The number of hydrogen-bond donors (Lipinski definition) is 1. The highest BCUT2D eigenvalue weighted by atomic mass is 32.1. The average molecular weight is 388 g/mol. The van der Waals surface area contributed by atoms with E-state index in [2.05, 4.69) is 32.6 Å². The Bertz CT molecular complexity index is 758. The number of para-hydroxylation sites is 2. The first-order valence-electron chi connectivity index (χ1n) is 9.12. The summed E-state index contributed by atoms with van der Waals surface area (Å²) in [4.78, 5) is 28.8. The van der Waals surface area contributed by atoms with Crippen LogP contribution in [0.25, 0.3) is 0 Å². The molecule has 1 N–H and O–H groups in total. The smallest absolute Gasteiger partial charge is 0.292 e. The Balaban J connectivity index is 1.37. The van der Waals surface area contributed by atoms with Gasteiger partial charge in [-0.25, -0.2) is 0 Å². The number of amides is 1. The summed E-state index contributed by atoms with van der Waals surface area (Å²) < 4.78 is 0. The molecule has 1 fully saturated rings. The zero-order valence-corrected chi connectivity index (χ0v) is 16.0. The Kier molecular flexibility index (Phi) is 6.92. The van der Waals surface area contributed by atoms with Crippen LogP contribution in [-0.2, 0) is 11.2 Å². The van der Waals surface area contributed by atoms with Crippen LogP contribution in [0.1, 0.15) is 11.3 Å². The van der Waals surface area contributed by atoms with Crippen LogP contribution in [0.4, 0.5) is 11.4 Å². The monoisotopic (exact) mass is 388 g/mol. The highest BCUT2D eigenvalue weighted by Crippen LogP contribution is 2.23. The molecule has 7 nitrogen and oxygen atoms in total. The first-order chi connectivity index (χ1) is 13.1. The second-order valence-electron chi connectivity index (χ2n) is 6.59. The number of carbonyl (C=O) groups excluding carboxylic acids is 1. The van der Waals surface area contributed by atoms with Gasteiger partial charge in [-0.15, -0.1) is 11.3 Å². The van der Waals surface area contributed by atoms with E-state index in [-0.39, 0.29) is 17.3 Å². The maximum Gasteiger partial charge on any atom is 0.292 e. The summed E-state index contributed by atoms with van der Waals surface area (Å²) in [6.45, 7) is 5.67. The number of anilines is 1. The SMILES string of the molecule is O=C(CCN1CCN(CCc2cccs2)CC1)Nc1ccccc1[N+](=O)[O-]. The van der Waals surface area contributed by atoms with Crippen molar-refractivity contribution in [3.8, 4) is 0 Å². The van der Waals surface area contributed by atoms with Gasteiger partial charge in [0.1, 0.15) is 5.69 Å². The maximum absolute atomic E-state index is 12.2. The lowest BCUT2D eigenvalue weighted by atomic mass is 10.2. The second kappa shape index (κ2) is 9.59. The molecular formula is C19H24N4O3S. The number of nitrogens with one attached hydrogen (secondary N) is 1. The van der Waals surface area contributed by atoms with E-state index in [9.17, 15) is 14.9 Å². The normalized spacial score (nSPS) is 15.6. The lowest BCUT2D eigenvalue weighted by Gasteiger charge is -2.34. The minimum Gasteiger partial charge on any atom is -0.320 e. The number of carbonyl (C=O) groups is 1. The molecule has 144 valence electrons. The Morgan fingerprint density at radius 1 is 1.07 bits per heavy atom. The van der Waals surface area contributed by atoms with Gasteiger partial charge in [0, 0.05) is 56.6 Å². The number of nitro benzene ring substituents is 1. The van der Waals surface area contributed by atoms with Gasteiger partial charge >= 0.3 is 0 Å². The molecule has 1 saturated heterocycles. The minimum atomic E-state index is -0.481. The fourth-order valence-electron chi connectivity index (χ4n) is 3.17. The number of piperazine rings is 1. The standard InChI is InChI=1S/C19H24N4O3S/c24-19(20-17-5-1-2-6-18(17)23(25)26)8-10-22-13-11-21(12-14-22)9-7-16-4-3-15-27-16/h1-6,15H,7-14H2,(H,20,24). The Hall–Kier alpha value is -2.29. The summed E-state index contributed by atoms with van der Waals surface area (Å²) in [7, 11) is 0. The molecule has 3 rings (SSSR count). The van der Waals surface area contributed by atoms with Crippen LogP contribution in [0.2, 0.25) is 0 Å². The molecule has 0 atom stereocenters. The number of benzene rings is 1. The van der Waals surface area contributed by atoms with Crippen molar-refractivity contribution in [1.82, 2.24) is 9.80 Å². The molecule has 0 radical (unpaired) electrons. The van der Waals surface area contributed by atoms with E-state index in [0.717, 1.165) is 39.1 Å². The lowest BCUT2D eigenvalue weighted by Crippen LogP contribution is -2.47. The van der Waals surface area contributed by atoms with Crippen LogP contribution in [0.3, 0.4) is 0 Å². The van der Waals surface area contributed by atoms with Crippen molar-refractivity contribution in [2.45, 2.75) is 12.8 Å². The van der Waals surface area contributed by atoms with Crippen molar-refractivity contribution >= 4 is 28.6 Å². The molecule has 0 bridgehead atoms. The predicted molar refractivity (Wildman–Crippen MR) is 107 cm³/mol. The van der Waals surface area contributed by atoms with Crippen molar-refractivity contribution in [2.75, 3.05) is 44.6 Å². The fraction of sp³-hybridized carbons (Fsp3) is 0.421. The molecule has 27 heavy (non-hydrogen) atoms. The summed E-state index contributed by atoms with van der Waals surface area (Å²) in [5.41, 5.74) is 0.177. The lowest BCUT2D eigenvalue weighted by molar-refractivity contribution is -0.383. The highest BCUT2D eigenvalue weighted by molar-refractivity contribution is 7.09. The third kappa shape index (κ3) is 5.85. The van der Waals surface area contributed by atoms with Gasteiger partial charge in [-0.2, -0.15) is 0 Å². The molecule has 2 aromatic rings. The van der Waals surface area contributed by atoms with Crippen LogP contribution in [0.5, 0.6) is 0 Å². The molecule has 1 amide bonds. The number of rotatable bonds is 8. The van der Waals surface area contributed by atoms with E-state index >= 15 is 0 Å². The second-order valence-corrected chi connectivity index (χ2v) is 7.62. The van der Waals surface area contributed by atoms with E-state index in [1.807, 2.05) is 0 Å². The van der Waals surface area contributed by atoms with Crippen molar-refractivity contribution < 1.29 is 9.72 Å². The molecule has 0 saturated carbocycles. The topological polar surface area (TPSA) is 78.7 Å². The number of nitrogens with zero attached hydrogens (tertiary/aromatic N) is 3. The van der Waals surface area contributed by atoms with E-state index in [0.29, 0.717) is 13.0 Å². The van der Waals surface area contributed by atoms with Crippen molar-refractivity contribution in [2.24, 2.45) is 0 Å². The third-order valence-corrected chi connectivity index (χ3v) is 5.69. The molecule has 2 heterocycles. The summed E-state index contributed by atoms with van der Waals surface area (Å²) in [6.07, 6.45) is 1.43. The Morgan fingerprint density at radius 2 is 1.78 bits per heavy atom. The van der Waals surface area contributed by atoms with Crippen molar-refractivity contribution in [1.29, 1.82) is 0 Å². The Morgan fingerprint density at radius 3 is 2.44 bits per heavy atom. The summed E-state index contributed by atoms with van der Waals surface area (Å²) in [5, 5.41) is 15.8. The zero-order valence-electron chi connectivity index (χ0n) is 15.2. The van der Waals surface area contributed by atoms with Gasteiger partial charge in [-0.05, 0) is 23.9 Å². The molecule has 0 aliphatic carbocycles. The molecule has 1 aliphatic heterocycles. The van der Waals surface area contributed by atoms with Gasteiger partial charge in [0.2, 0.25) is 5.91 Å².